The van der Waals surface area contributed by atoms with Gasteiger partial charge in [-0.3, -0.25) is 0 Å². The van der Waals surface area contributed by atoms with Gasteiger partial charge in [0.1, 0.15) is 69.0 Å². The molecule has 390 valence electrons. The lowest BCUT2D eigenvalue weighted by Gasteiger charge is -2.48. The molecule has 10 aromatic carbocycles. The Kier molecular flexibility index (Phi) is 10.9. The number of fused-ring (bicyclic) bond motifs is 4. The summed E-state index contributed by atoms with van der Waals surface area (Å²) in [5.74, 6) is 8.53. The molecular formula is C68H50N2O8P2. The highest BCUT2D eigenvalue weighted by atomic mass is 31.2. The van der Waals surface area contributed by atoms with Gasteiger partial charge in [-0.25, -0.2) is 9.34 Å². The van der Waals surface area contributed by atoms with Crippen molar-refractivity contribution in [1.29, 1.82) is 0 Å². The molecule has 6 aliphatic rings. The first-order chi connectivity index (χ1) is 39.5. The second-order valence-corrected chi connectivity index (χ2v) is 23.5. The molecule has 0 saturated carbocycles. The number of para-hydroxylation sites is 4. The number of rotatable bonds is 9. The van der Waals surface area contributed by atoms with E-state index in [0.29, 0.717) is 59.1 Å². The van der Waals surface area contributed by atoms with Crippen LogP contribution in [-0.2, 0) is 10.8 Å². The van der Waals surface area contributed by atoms with Crippen LogP contribution in [0.5, 0.6) is 69.0 Å². The molecule has 12 heteroatoms. The molecule has 80 heavy (non-hydrogen) atoms. The van der Waals surface area contributed by atoms with Gasteiger partial charge in [0.15, 0.2) is 0 Å². The van der Waals surface area contributed by atoms with E-state index < -0.39 is 27.9 Å². The van der Waals surface area contributed by atoms with Gasteiger partial charge in [0.25, 0.3) is 0 Å². The quantitative estimate of drug-likeness (QED) is 0.130. The van der Waals surface area contributed by atoms with Crippen LogP contribution < -0.4 is 37.0 Å². The highest BCUT2D eigenvalue weighted by Gasteiger charge is 2.58. The molecule has 0 saturated heterocycles. The molecule has 0 N–H and O–H groups in total. The topological polar surface area (TPSA) is 80.3 Å². The summed E-state index contributed by atoms with van der Waals surface area (Å²) in [6.45, 7) is 5.37. The zero-order chi connectivity index (χ0) is 53.1. The molecule has 2 atom stereocenters. The van der Waals surface area contributed by atoms with Crippen LogP contribution in [0.25, 0.3) is 0 Å². The van der Waals surface area contributed by atoms with Crippen LogP contribution in [0.2, 0.25) is 0 Å². The smallest absolute Gasteiger partial charge is 0.385 e. The molecule has 10 aromatic rings. The van der Waals surface area contributed by atoms with Gasteiger partial charge in [0, 0.05) is 47.4 Å². The Morgan fingerprint density at radius 3 is 0.812 bits per heavy atom. The summed E-state index contributed by atoms with van der Waals surface area (Å²) >= 11 is 0. The standard InChI is InChI=1S/C68H50N2O8P2/c1-43(45-21-5-3-6-22-45)69(79-75-59-37-17-33-55-63(59)67(47-25-9-13-29-51(47)71-55)48-26-10-14-30-52(48)72-56-34-18-38-60(76-79)64(56)67)41-42-70(44(2)46-23-7-4-8-24-46)80-77-61-39-19-35-57-65(61)68(49-27-11-15-31-53(49)73-57)50-28-12-16-32-54(50)74-58-36-20-40-62(78-80)66(58)68/h3-40,43-44H,41-42H2,1-2H3/t43-,44-,67?,68?/m0/s1. The van der Waals surface area contributed by atoms with Crippen LogP contribution in [0.3, 0.4) is 0 Å². The van der Waals surface area contributed by atoms with Crippen LogP contribution in [0.15, 0.2) is 231 Å². The van der Waals surface area contributed by atoms with Crippen molar-refractivity contribution >= 4 is 17.1 Å². The van der Waals surface area contributed by atoms with Crippen LogP contribution >= 0.6 is 17.1 Å². The van der Waals surface area contributed by atoms with Crippen molar-refractivity contribution in [2.45, 2.75) is 36.8 Å². The maximum atomic E-state index is 7.61. The monoisotopic (exact) mass is 1080 g/mol. The Hall–Kier alpha value is -8.62. The van der Waals surface area contributed by atoms with Gasteiger partial charge >= 0.3 is 17.1 Å². The Labute approximate surface area is 466 Å². The number of ether oxygens (including phenoxy) is 4. The normalized spacial score (nSPS) is 17.2. The van der Waals surface area contributed by atoms with Crippen LogP contribution in [-0.4, -0.2) is 22.4 Å². The zero-order valence-corrected chi connectivity index (χ0v) is 45.4. The van der Waals surface area contributed by atoms with Crippen molar-refractivity contribution in [1.82, 2.24) is 9.34 Å². The minimum atomic E-state index is -1.97. The van der Waals surface area contributed by atoms with Crippen molar-refractivity contribution in [2.75, 3.05) is 13.1 Å². The fourth-order valence-corrected chi connectivity index (χ4v) is 16.3. The Morgan fingerprint density at radius 1 is 0.287 bits per heavy atom. The van der Waals surface area contributed by atoms with Gasteiger partial charge in [0.2, 0.25) is 0 Å². The predicted octanol–water partition coefficient (Wildman–Crippen LogP) is 17.7. The van der Waals surface area contributed by atoms with Crippen molar-refractivity contribution in [3.63, 3.8) is 0 Å². The second-order valence-electron chi connectivity index (χ2n) is 20.8. The molecule has 0 amide bonds. The fraction of sp³-hybridized carbons (Fsp3) is 0.118. The van der Waals surface area contributed by atoms with E-state index >= 15 is 0 Å². The minimum absolute atomic E-state index is 0.210. The SMILES string of the molecule is C[C@@H](c1ccccc1)N(CCN([C@@H](C)c1ccccc1)P1Oc2cccc3c2C2(c4ccccc4O3)c3ccccc3Oc3cccc(c32)O1)P1Oc2cccc3c2C2(c4ccccc4O3)c3ccccc3Oc3cccc(c32)O1. The summed E-state index contributed by atoms with van der Waals surface area (Å²) in [6.07, 6.45) is 0. The molecular weight excluding hydrogens is 1030 g/mol. The Bertz CT molecular complexity index is 3630. The molecule has 2 spiro atoms. The van der Waals surface area contributed by atoms with E-state index in [2.05, 4.69) is 157 Å². The molecule has 0 radical (unpaired) electrons. The summed E-state index contributed by atoms with van der Waals surface area (Å²) in [7, 11) is -3.93. The molecule has 0 unspecified atom stereocenters. The largest absolute Gasteiger partial charge is 0.457 e. The van der Waals surface area contributed by atoms with E-state index in [4.69, 9.17) is 37.0 Å². The number of benzene rings is 10. The van der Waals surface area contributed by atoms with Crippen molar-refractivity contribution in [3.05, 3.63) is 286 Å². The molecule has 6 heterocycles. The number of nitrogens with zero attached hydrogens (tertiary/aromatic N) is 2. The van der Waals surface area contributed by atoms with Gasteiger partial charge in [-0.2, -0.15) is 0 Å². The molecule has 0 aliphatic carbocycles. The lowest BCUT2D eigenvalue weighted by Crippen LogP contribution is -2.40. The van der Waals surface area contributed by atoms with Gasteiger partial charge in [-0.1, -0.05) is 158 Å². The third-order valence-corrected chi connectivity index (χ3v) is 20.0. The fourth-order valence-electron chi connectivity index (χ4n) is 13.1. The van der Waals surface area contributed by atoms with Gasteiger partial charge in [0.05, 0.1) is 33.1 Å². The molecule has 16 rings (SSSR count). The first-order valence-corrected chi connectivity index (χ1v) is 29.3. The van der Waals surface area contributed by atoms with Gasteiger partial charge in [-0.15, -0.1) is 0 Å². The van der Waals surface area contributed by atoms with Gasteiger partial charge in [-0.05, 0) is 97.8 Å². The van der Waals surface area contributed by atoms with Crippen molar-refractivity contribution < 1.29 is 37.0 Å². The third kappa shape index (κ3) is 6.93. The van der Waals surface area contributed by atoms with E-state index in [-0.39, 0.29) is 12.1 Å². The highest BCUT2D eigenvalue weighted by Crippen LogP contribution is 2.70. The van der Waals surface area contributed by atoms with E-state index in [1.54, 1.807) is 0 Å². The summed E-state index contributed by atoms with van der Waals surface area (Å²) in [5.41, 5.74) is 7.90. The zero-order valence-electron chi connectivity index (χ0n) is 43.6. The summed E-state index contributed by atoms with van der Waals surface area (Å²) in [6, 6.07) is 78.3. The van der Waals surface area contributed by atoms with E-state index in [1.807, 2.05) is 97.1 Å². The van der Waals surface area contributed by atoms with Crippen molar-refractivity contribution in [2.24, 2.45) is 0 Å². The maximum absolute atomic E-state index is 7.61. The summed E-state index contributed by atoms with van der Waals surface area (Å²) < 4.78 is 62.8. The molecule has 6 aliphatic heterocycles. The summed E-state index contributed by atoms with van der Waals surface area (Å²) in [4.78, 5) is 0. The molecule has 10 nitrogen and oxygen atoms in total. The van der Waals surface area contributed by atoms with Crippen LogP contribution in [0.1, 0.15) is 81.6 Å². The second kappa shape index (κ2) is 18.5. The first-order valence-electron chi connectivity index (χ1n) is 27.1. The Balaban J connectivity index is 0.856. The average Bonchev–Trinajstić information content (AvgIpc) is 3.57. The molecule has 0 bridgehead atoms. The third-order valence-electron chi connectivity index (χ3n) is 16.6. The van der Waals surface area contributed by atoms with Gasteiger partial charge < -0.3 is 37.0 Å². The predicted molar refractivity (Wildman–Crippen MR) is 309 cm³/mol. The van der Waals surface area contributed by atoms with Crippen LogP contribution in [0, 0.1) is 0 Å². The highest BCUT2D eigenvalue weighted by molar-refractivity contribution is 7.46. The minimum Gasteiger partial charge on any atom is -0.457 e. The van der Waals surface area contributed by atoms with E-state index in [9.17, 15) is 0 Å². The van der Waals surface area contributed by atoms with Crippen LogP contribution in [0.4, 0.5) is 0 Å². The van der Waals surface area contributed by atoms with E-state index in [0.717, 1.165) is 78.6 Å². The maximum Gasteiger partial charge on any atom is 0.385 e. The van der Waals surface area contributed by atoms with Crippen molar-refractivity contribution in [3.8, 4) is 69.0 Å². The average molecular weight is 1090 g/mol. The lowest BCUT2D eigenvalue weighted by molar-refractivity contribution is 0.238. The molecule has 0 fully saturated rings. The van der Waals surface area contributed by atoms with E-state index in [1.165, 1.54) is 0 Å². The summed E-state index contributed by atoms with van der Waals surface area (Å²) in [5, 5.41) is 0. The Morgan fingerprint density at radius 2 is 0.525 bits per heavy atom. The lowest BCUT2D eigenvalue weighted by atomic mass is 9.62. The number of hydrogen-bond donors (Lipinski definition) is 0. The number of hydrogen-bond acceptors (Lipinski definition) is 10. The first kappa shape index (κ1) is 47.4. The molecule has 0 aromatic heterocycles.